The van der Waals surface area contributed by atoms with Crippen LogP contribution in [0.2, 0.25) is 0 Å². The first-order valence-corrected chi connectivity index (χ1v) is 10.7. The summed E-state index contributed by atoms with van der Waals surface area (Å²) >= 11 is 0. The van der Waals surface area contributed by atoms with E-state index in [4.69, 9.17) is 9.47 Å². The molecule has 0 saturated carbocycles. The Morgan fingerprint density at radius 2 is 2.03 bits per heavy atom. The third-order valence-corrected chi connectivity index (χ3v) is 5.98. The van der Waals surface area contributed by atoms with Crippen molar-refractivity contribution in [2.24, 2.45) is 5.92 Å². The fourth-order valence-electron chi connectivity index (χ4n) is 4.48. The molecule has 0 N–H and O–H groups in total. The van der Waals surface area contributed by atoms with Gasteiger partial charge in [0.25, 0.3) is 0 Å². The standard InChI is InChI=1S/C21H32N6O2/c1-16(2)20(21-22-23-24-27(21)15-19-8-5-13-29-19)26-11-9-25(10-12-26)17-6-4-7-18(14-17)28-3/h4,6-7,14,16,19-20H,5,8-13,15H2,1-3H3. The average molecular weight is 401 g/mol. The Morgan fingerprint density at radius 1 is 1.21 bits per heavy atom. The molecule has 2 aliphatic rings. The van der Waals surface area contributed by atoms with Crippen molar-refractivity contribution in [1.82, 2.24) is 25.1 Å². The Bertz CT molecular complexity index is 781. The monoisotopic (exact) mass is 400 g/mol. The lowest BCUT2D eigenvalue weighted by Gasteiger charge is -2.41. The van der Waals surface area contributed by atoms with Gasteiger partial charge < -0.3 is 14.4 Å². The van der Waals surface area contributed by atoms with Crippen LogP contribution >= 0.6 is 0 Å². The molecule has 2 unspecified atom stereocenters. The molecule has 2 aliphatic heterocycles. The highest BCUT2D eigenvalue weighted by Gasteiger charge is 2.32. The van der Waals surface area contributed by atoms with E-state index in [1.807, 2.05) is 10.7 Å². The Morgan fingerprint density at radius 3 is 2.72 bits per heavy atom. The van der Waals surface area contributed by atoms with Crippen molar-refractivity contribution in [3.63, 3.8) is 0 Å². The Balaban J connectivity index is 1.45. The van der Waals surface area contributed by atoms with Gasteiger partial charge in [-0.05, 0) is 41.3 Å². The lowest BCUT2D eigenvalue weighted by Crippen LogP contribution is -2.49. The average Bonchev–Trinajstić information content (AvgIpc) is 3.42. The highest BCUT2D eigenvalue weighted by Crippen LogP contribution is 2.30. The molecule has 4 rings (SSSR count). The molecule has 0 spiro atoms. The van der Waals surface area contributed by atoms with Crippen LogP contribution in [-0.4, -0.2) is 71.1 Å². The third kappa shape index (κ3) is 4.53. The molecule has 1 aromatic heterocycles. The zero-order chi connectivity index (χ0) is 20.2. The van der Waals surface area contributed by atoms with Gasteiger partial charge in [-0.15, -0.1) is 5.10 Å². The number of methoxy groups -OCH3 is 1. The van der Waals surface area contributed by atoms with Gasteiger partial charge in [0.15, 0.2) is 5.82 Å². The Kier molecular flexibility index (Phi) is 6.30. The number of anilines is 1. The van der Waals surface area contributed by atoms with Crippen LogP contribution in [0.15, 0.2) is 24.3 Å². The molecule has 0 aliphatic carbocycles. The molecule has 0 radical (unpaired) electrons. The summed E-state index contributed by atoms with van der Waals surface area (Å²) in [6.45, 7) is 10.0. The van der Waals surface area contributed by atoms with Gasteiger partial charge in [0, 0.05) is 44.5 Å². The highest BCUT2D eigenvalue weighted by molar-refractivity contribution is 5.51. The fourth-order valence-corrected chi connectivity index (χ4v) is 4.48. The predicted octanol–water partition coefficient (Wildman–Crippen LogP) is 2.38. The van der Waals surface area contributed by atoms with Crippen molar-refractivity contribution in [2.45, 2.75) is 45.4 Å². The van der Waals surface area contributed by atoms with Crippen molar-refractivity contribution in [1.29, 1.82) is 0 Å². The molecule has 29 heavy (non-hydrogen) atoms. The molecule has 158 valence electrons. The van der Waals surface area contributed by atoms with Gasteiger partial charge in [0.2, 0.25) is 0 Å². The van der Waals surface area contributed by atoms with Gasteiger partial charge in [0.05, 0.1) is 25.8 Å². The first kappa shape index (κ1) is 20.1. The topological polar surface area (TPSA) is 68.5 Å². The molecular weight excluding hydrogens is 368 g/mol. The maximum Gasteiger partial charge on any atom is 0.168 e. The summed E-state index contributed by atoms with van der Waals surface area (Å²) in [5.74, 6) is 2.29. The van der Waals surface area contributed by atoms with Gasteiger partial charge in [-0.25, -0.2) is 4.68 Å². The molecular formula is C21H32N6O2. The smallest absolute Gasteiger partial charge is 0.168 e. The lowest BCUT2D eigenvalue weighted by molar-refractivity contribution is 0.0865. The van der Waals surface area contributed by atoms with Gasteiger partial charge in [-0.2, -0.15) is 0 Å². The van der Waals surface area contributed by atoms with Crippen LogP contribution in [0.5, 0.6) is 5.75 Å². The van der Waals surface area contributed by atoms with E-state index < -0.39 is 0 Å². The third-order valence-electron chi connectivity index (χ3n) is 5.98. The normalized spacial score (nSPS) is 21.7. The van der Waals surface area contributed by atoms with E-state index in [-0.39, 0.29) is 12.1 Å². The lowest BCUT2D eigenvalue weighted by atomic mass is 10.0. The van der Waals surface area contributed by atoms with Crippen LogP contribution < -0.4 is 9.64 Å². The Hall–Kier alpha value is -2.19. The maximum absolute atomic E-state index is 5.80. The zero-order valence-corrected chi connectivity index (χ0v) is 17.7. The molecule has 8 heteroatoms. The Labute approximate surface area is 172 Å². The maximum atomic E-state index is 5.80. The van der Waals surface area contributed by atoms with Crippen LogP contribution in [0, 0.1) is 5.92 Å². The van der Waals surface area contributed by atoms with Crippen molar-refractivity contribution >= 4 is 5.69 Å². The number of hydrogen-bond acceptors (Lipinski definition) is 7. The van der Waals surface area contributed by atoms with Gasteiger partial charge >= 0.3 is 0 Å². The minimum Gasteiger partial charge on any atom is -0.497 e. The minimum atomic E-state index is 0.207. The summed E-state index contributed by atoms with van der Waals surface area (Å²) in [6, 6.07) is 8.51. The second-order valence-corrected chi connectivity index (χ2v) is 8.27. The number of benzene rings is 1. The van der Waals surface area contributed by atoms with Crippen LogP contribution in [0.1, 0.15) is 38.6 Å². The summed E-state index contributed by atoms with van der Waals surface area (Å²) < 4.78 is 13.2. The first-order valence-electron chi connectivity index (χ1n) is 10.7. The van der Waals surface area contributed by atoms with E-state index in [2.05, 4.69) is 57.4 Å². The van der Waals surface area contributed by atoms with Gasteiger partial charge in [-0.1, -0.05) is 19.9 Å². The highest BCUT2D eigenvalue weighted by atomic mass is 16.5. The molecule has 2 fully saturated rings. The predicted molar refractivity (Wildman–Crippen MR) is 111 cm³/mol. The molecule has 2 atom stereocenters. The van der Waals surface area contributed by atoms with Crippen LogP contribution in [0.25, 0.3) is 0 Å². The largest absolute Gasteiger partial charge is 0.497 e. The van der Waals surface area contributed by atoms with E-state index in [0.717, 1.165) is 63.7 Å². The quantitative estimate of drug-likeness (QED) is 0.707. The van der Waals surface area contributed by atoms with Crippen LogP contribution in [0.4, 0.5) is 5.69 Å². The van der Waals surface area contributed by atoms with Crippen molar-refractivity contribution in [3.8, 4) is 5.75 Å². The summed E-state index contributed by atoms with van der Waals surface area (Å²) in [7, 11) is 1.71. The molecule has 3 heterocycles. The second-order valence-electron chi connectivity index (χ2n) is 8.27. The number of hydrogen-bond donors (Lipinski definition) is 0. The van der Waals surface area contributed by atoms with E-state index in [9.17, 15) is 0 Å². The number of aromatic nitrogens is 4. The summed E-state index contributed by atoms with van der Waals surface area (Å²) in [6.07, 6.45) is 2.45. The van der Waals surface area contributed by atoms with E-state index in [1.54, 1.807) is 7.11 Å². The second kappa shape index (κ2) is 9.09. The number of rotatable bonds is 7. The van der Waals surface area contributed by atoms with Crippen LogP contribution in [0.3, 0.4) is 0 Å². The SMILES string of the molecule is COc1cccc(N2CCN(C(c3nnnn3CC3CCCO3)C(C)C)CC2)c1. The van der Waals surface area contributed by atoms with Crippen molar-refractivity contribution < 1.29 is 9.47 Å². The summed E-state index contributed by atoms with van der Waals surface area (Å²) in [4.78, 5) is 4.95. The zero-order valence-electron chi connectivity index (χ0n) is 17.7. The van der Waals surface area contributed by atoms with E-state index in [1.165, 1.54) is 5.69 Å². The molecule has 2 saturated heterocycles. The molecule has 0 amide bonds. The van der Waals surface area contributed by atoms with Gasteiger partial charge in [-0.3, -0.25) is 4.90 Å². The first-order chi connectivity index (χ1) is 14.2. The molecule has 0 bridgehead atoms. The number of piperazine rings is 1. The minimum absolute atomic E-state index is 0.207. The van der Waals surface area contributed by atoms with E-state index in [0.29, 0.717) is 5.92 Å². The summed E-state index contributed by atoms with van der Waals surface area (Å²) in [5.41, 5.74) is 1.22. The van der Waals surface area contributed by atoms with E-state index >= 15 is 0 Å². The molecule has 1 aromatic carbocycles. The fraction of sp³-hybridized carbons (Fsp3) is 0.667. The number of ether oxygens (including phenoxy) is 2. The van der Waals surface area contributed by atoms with Gasteiger partial charge in [0.1, 0.15) is 5.75 Å². The molecule has 8 nitrogen and oxygen atoms in total. The molecule has 2 aromatic rings. The van der Waals surface area contributed by atoms with Crippen molar-refractivity contribution in [3.05, 3.63) is 30.1 Å². The number of nitrogens with zero attached hydrogens (tertiary/aromatic N) is 6. The summed E-state index contributed by atoms with van der Waals surface area (Å²) in [5, 5.41) is 12.7. The van der Waals surface area contributed by atoms with Crippen molar-refractivity contribution in [2.75, 3.05) is 44.8 Å². The van der Waals surface area contributed by atoms with Crippen LogP contribution in [-0.2, 0) is 11.3 Å². The number of tetrazole rings is 1.